The van der Waals surface area contributed by atoms with Crippen molar-refractivity contribution in [2.45, 2.75) is 25.3 Å². The Kier molecular flexibility index (Phi) is 4.83. The summed E-state index contributed by atoms with van der Waals surface area (Å²) < 4.78 is 10.7. The van der Waals surface area contributed by atoms with Gasteiger partial charge in [0.15, 0.2) is 0 Å². The lowest BCUT2D eigenvalue weighted by Crippen LogP contribution is -2.27. The number of aliphatic carboxylic acids is 1. The third-order valence-corrected chi connectivity index (χ3v) is 3.99. The summed E-state index contributed by atoms with van der Waals surface area (Å²) >= 11 is 0. The number of furan rings is 1. The number of hydrogen-bond acceptors (Lipinski definition) is 5. The lowest BCUT2D eigenvalue weighted by atomic mass is 10.0. The van der Waals surface area contributed by atoms with Gasteiger partial charge in [0, 0.05) is 18.4 Å². The molecule has 1 atom stereocenters. The summed E-state index contributed by atoms with van der Waals surface area (Å²) in [6.07, 6.45) is 1.68. The van der Waals surface area contributed by atoms with Crippen LogP contribution >= 0.6 is 0 Å². The summed E-state index contributed by atoms with van der Waals surface area (Å²) in [6, 6.07) is 10.6. The van der Waals surface area contributed by atoms with Gasteiger partial charge in [-0.3, -0.25) is 9.59 Å². The van der Waals surface area contributed by atoms with Crippen molar-refractivity contribution in [2.75, 3.05) is 7.11 Å². The second-order valence-electron chi connectivity index (χ2n) is 5.65. The van der Waals surface area contributed by atoms with Gasteiger partial charge in [-0.2, -0.15) is 5.10 Å². The molecule has 0 spiro atoms. The van der Waals surface area contributed by atoms with E-state index in [-0.39, 0.29) is 24.8 Å². The molecule has 1 aliphatic heterocycles. The molecular weight excluding hydrogens is 324 g/mol. The molecule has 130 valence electrons. The summed E-state index contributed by atoms with van der Waals surface area (Å²) in [4.78, 5) is 23.2. The van der Waals surface area contributed by atoms with Crippen molar-refractivity contribution in [2.24, 2.45) is 5.10 Å². The number of hydrogen-bond donors (Lipinski definition) is 1. The van der Waals surface area contributed by atoms with E-state index in [9.17, 15) is 9.59 Å². The summed E-state index contributed by atoms with van der Waals surface area (Å²) in [5.41, 5.74) is 1.58. The molecular formula is C18H18N2O5. The second-order valence-corrected chi connectivity index (χ2v) is 5.65. The molecule has 2 aromatic rings. The van der Waals surface area contributed by atoms with Crippen LogP contribution < -0.4 is 4.74 Å². The molecule has 0 saturated heterocycles. The van der Waals surface area contributed by atoms with Gasteiger partial charge in [0.1, 0.15) is 17.6 Å². The molecule has 0 fully saturated rings. The minimum atomic E-state index is -1.01. The Balaban J connectivity index is 1.88. The van der Waals surface area contributed by atoms with Gasteiger partial charge >= 0.3 is 5.97 Å². The predicted molar refractivity (Wildman–Crippen MR) is 89.3 cm³/mol. The number of carbonyl (C=O) groups excluding carboxylic acids is 1. The number of hydrazone groups is 1. The zero-order chi connectivity index (χ0) is 17.8. The Morgan fingerprint density at radius 1 is 1.32 bits per heavy atom. The highest BCUT2D eigenvalue weighted by atomic mass is 16.5. The van der Waals surface area contributed by atoms with Gasteiger partial charge in [-0.15, -0.1) is 0 Å². The van der Waals surface area contributed by atoms with E-state index >= 15 is 0 Å². The summed E-state index contributed by atoms with van der Waals surface area (Å²) in [6.45, 7) is 0. The van der Waals surface area contributed by atoms with E-state index in [1.807, 2.05) is 24.3 Å². The van der Waals surface area contributed by atoms with E-state index in [1.54, 1.807) is 25.5 Å². The number of benzene rings is 1. The highest BCUT2D eigenvalue weighted by molar-refractivity contribution is 6.03. The molecule has 3 rings (SSSR count). The average Bonchev–Trinajstić information content (AvgIpc) is 3.28. The van der Waals surface area contributed by atoms with Gasteiger partial charge in [-0.05, 0) is 24.3 Å². The van der Waals surface area contributed by atoms with Crippen molar-refractivity contribution < 1.29 is 23.8 Å². The number of methoxy groups -OCH3 is 1. The van der Waals surface area contributed by atoms with Crippen LogP contribution in [0.2, 0.25) is 0 Å². The van der Waals surface area contributed by atoms with Gasteiger partial charge in [-0.1, -0.05) is 12.1 Å². The van der Waals surface area contributed by atoms with E-state index in [2.05, 4.69) is 5.10 Å². The van der Waals surface area contributed by atoms with Crippen LogP contribution in [0.3, 0.4) is 0 Å². The van der Waals surface area contributed by atoms with Crippen LogP contribution in [0.25, 0.3) is 0 Å². The van der Waals surface area contributed by atoms with E-state index in [1.165, 1.54) is 5.01 Å². The Morgan fingerprint density at radius 2 is 2.16 bits per heavy atom. The fourth-order valence-electron chi connectivity index (χ4n) is 2.75. The third-order valence-electron chi connectivity index (χ3n) is 3.99. The van der Waals surface area contributed by atoms with Crippen molar-refractivity contribution >= 4 is 17.6 Å². The Labute approximate surface area is 144 Å². The zero-order valence-corrected chi connectivity index (χ0v) is 13.7. The van der Waals surface area contributed by atoms with Crippen LogP contribution in [-0.2, 0) is 9.59 Å². The first-order valence-corrected chi connectivity index (χ1v) is 7.87. The maximum atomic E-state index is 12.4. The molecule has 0 aliphatic carbocycles. The van der Waals surface area contributed by atoms with Gasteiger partial charge in [0.25, 0.3) is 0 Å². The highest BCUT2D eigenvalue weighted by Gasteiger charge is 2.34. The van der Waals surface area contributed by atoms with Crippen LogP contribution in [0, 0.1) is 0 Å². The number of rotatable bonds is 6. The van der Waals surface area contributed by atoms with E-state index in [0.717, 1.165) is 11.3 Å². The average molecular weight is 342 g/mol. The maximum Gasteiger partial charge on any atom is 0.303 e. The summed E-state index contributed by atoms with van der Waals surface area (Å²) in [7, 11) is 1.59. The molecule has 1 amide bonds. The Bertz CT molecular complexity index is 798. The predicted octanol–water partition coefficient (Wildman–Crippen LogP) is 2.83. The van der Waals surface area contributed by atoms with Crippen LogP contribution in [0.5, 0.6) is 5.75 Å². The summed E-state index contributed by atoms with van der Waals surface area (Å²) in [5.74, 6) is -0.0449. The first-order valence-electron chi connectivity index (χ1n) is 7.87. The van der Waals surface area contributed by atoms with Gasteiger partial charge in [-0.25, -0.2) is 5.01 Å². The number of carbonyl (C=O) groups is 2. The quantitative estimate of drug-likeness (QED) is 0.871. The van der Waals surface area contributed by atoms with Crippen molar-refractivity contribution in [3.8, 4) is 5.75 Å². The highest BCUT2D eigenvalue weighted by Crippen LogP contribution is 2.34. The fourth-order valence-corrected chi connectivity index (χ4v) is 2.75. The number of nitrogens with zero attached hydrogens (tertiary/aromatic N) is 2. The lowest BCUT2D eigenvalue weighted by molar-refractivity contribution is -0.141. The molecule has 7 nitrogen and oxygen atoms in total. The smallest absolute Gasteiger partial charge is 0.303 e. The molecule has 1 N–H and O–H groups in total. The zero-order valence-electron chi connectivity index (χ0n) is 13.7. The second kappa shape index (κ2) is 7.21. The van der Waals surface area contributed by atoms with Crippen LogP contribution in [-0.4, -0.2) is 34.8 Å². The van der Waals surface area contributed by atoms with Crippen LogP contribution in [0.15, 0.2) is 52.2 Å². The van der Waals surface area contributed by atoms with Crippen molar-refractivity contribution in [1.82, 2.24) is 5.01 Å². The van der Waals surface area contributed by atoms with Crippen molar-refractivity contribution in [3.63, 3.8) is 0 Å². The number of carboxylic acid groups (broad SMARTS) is 1. The Hall–Kier alpha value is -3.09. The largest absolute Gasteiger partial charge is 0.497 e. The number of carboxylic acids is 1. The van der Waals surface area contributed by atoms with Crippen molar-refractivity contribution in [1.29, 1.82) is 0 Å². The fraction of sp³-hybridized carbons (Fsp3) is 0.278. The standard InChI is InChI=1S/C18H18N2O5/c1-24-13-5-2-4-12(10-13)14-11-15(16-6-3-9-25-16)20(19-14)17(21)7-8-18(22)23/h2-6,9-10,15H,7-8,11H2,1H3,(H,22,23). The molecule has 2 heterocycles. The number of ether oxygens (including phenoxy) is 1. The topological polar surface area (TPSA) is 92.3 Å². The van der Waals surface area contributed by atoms with Gasteiger partial charge < -0.3 is 14.3 Å². The molecule has 1 aromatic carbocycles. The first-order chi connectivity index (χ1) is 12.1. The molecule has 0 radical (unpaired) electrons. The SMILES string of the molecule is COc1cccc(C2=NN(C(=O)CCC(=O)O)C(c3ccco3)C2)c1. The van der Waals surface area contributed by atoms with Crippen molar-refractivity contribution in [3.05, 3.63) is 54.0 Å². The maximum absolute atomic E-state index is 12.4. The van der Waals surface area contributed by atoms with Crippen LogP contribution in [0.1, 0.15) is 36.6 Å². The van der Waals surface area contributed by atoms with Gasteiger partial charge in [0.2, 0.25) is 5.91 Å². The van der Waals surface area contributed by atoms with E-state index in [0.29, 0.717) is 17.9 Å². The lowest BCUT2D eigenvalue weighted by Gasteiger charge is -2.19. The number of amides is 1. The molecule has 25 heavy (non-hydrogen) atoms. The summed E-state index contributed by atoms with van der Waals surface area (Å²) in [5, 5.41) is 14.6. The molecule has 1 aromatic heterocycles. The molecule has 1 unspecified atom stereocenters. The molecule has 7 heteroatoms. The Morgan fingerprint density at radius 3 is 2.84 bits per heavy atom. The minimum absolute atomic E-state index is 0.110. The normalized spacial score (nSPS) is 16.6. The molecule has 1 aliphatic rings. The van der Waals surface area contributed by atoms with Crippen LogP contribution in [0.4, 0.5) is 0 Å². The van der Waals surface area contributed by atoms with E-state index < -0.39 is 5.97 Å². The third kappa shape index (κ3) is 3.71. The molecule has 0 saturated carbocycles. The van der Waals surface area contributed by atoms with E-state index in [4.69, 9.17) is 14.3 Å². The minimum Gasteiger partial charge on any atom is -0.497 e. The first kappa shape index (κ1) is 16.8. The monoisotopic (exact) mass is 342 g/mol. The molecule has 0 bridgehead atoms. The van der Waals surface area contributed by atoms with Gasteiger partial charge in [0.05, 0.1) is 25.5 Å².